The van der Waals surface area contributed by atoms with Crippen molar-refractivity contribution < 1.29 is 14.3 Å². The first-order chi connectivity index (χ1) is 15.3. The number of amides is 2. The van der Waals surface area contributed by atoms with Crippen LogP contribution in [0.4, 0.5) is 10.5 Å². The summed E-state index contributed by atoms with van der Waals surface area (Å²) in [4.78, 5) is 26.8. The third-order valence-electron chi connectivity index (χ3n) is 5.21. The Morgan fingerprint density at radius 3 is 2.62 bits per heavy atom. The summed E-state index contributed by atoms with van der Waals surface area (Å²) >= 11 is 0. The summed E-state index contributed by atoms with van der Waals surface area (Å²) in [5, 5.41) is 7.25. The summed E-state index contributed by atoms with van der Waals surface area (Å²) in [5.41, 5.74) is 4.04. The fraction of sp³-hybridized carbons (Fsp3) is 0.320. The van der Waals surface area contributed by atoms with Crippen LogP contribution in [0.25, 0.3) is 0 Å². The topological polar surface area (TPSA) is 76.5 Å². The predicted octanol–water partition coefficient (Wildman–Crippen LogP) is 4.48. The molecule has 1 aliphatic rings. The van der Waals surface area contributed by atoms with E-state index in [9.17, 15) is 9.59 Å². The Morgan fingerprint density at radius 2 is 1.88 bits per heavy atom. The second-order valence-electron chi connectivity index (χ2n) is 9.00. The summed E-state index contributed by atoms with van der Waals surface area (Å²) in [7, 11) is 0. The first kappa shape index (κ1) is 21.6. The third-order valence-corrected chi connectivity index (χ3v) is 5.21. The maximum absolute atomic E-state index is 12.7. The predicted molar refractivity (Wildman–Crippen MR) is 123 cm³/mol. The van der Waals surface area contributed by atoms with Crippen LogP contribution in [0.5, 0.6) is 0 Å². The zero-order valence-corrected chi connectivity index (χ0v) is 18.7. The van der Waals surface area contributed by atoms with Gasteiger partial charge in [0.25, 0.3) is 5.91 Å². The number of nitrogens with one attached hydrogen (secondary N) is 1. The summed E-state index contributed by atoms with van der Waals surface area (Å²) in [6.07, 6.45) is 3.75. The van der Waals surface area contributed by atoms with Crippen molar-refractivity contribution in [3.8, 4) is 0 Å². The Balaban J connectivity index is 1.38. The molecule has 0 aliphatic carbocycles. The number of nitrogens with zero attached hydrogens (tertiary/aromatic N) is 3. The Hall–Kier alpha value is -3.61. The summed E-state index contributed by atoms with van der Waals surface area (Å²) in [6.45, 7) is 7.30. The average Bonchev–Trinajstić information content (AvgIpc) is 3.21. The Labute approximate surface area is 188 Å². The zero-order chi connectivity index (χ0) is 22.7. The van der Waals surface area contributed by atoms with E-state index in [0.717, 1.165) is 22.4 Å². The van der Waals surface area contributed by atoms with Gasteiger partial charge in [-0.2, -0.15) is 5.10 Å². The van der Waals surface area contributed by atoms with E-state index >= 15 is 0 Å². The van der Waals surface area contributed by atoms with Crippen molar-refractivity contribution in [2.24, 2.45) is 0 Å². The van der Waals surface area contributed by atoms with Crippen LogP contribution < -0.4 is 5.32 Å². The lowest BCUT2D eigenvalue weighted by molar-refractivity contribution is 0.0224. The largest absolute Gasteiger partial charge is 0.444 e. The van der Waals surface area contributed by atoms with Gasteiger partial charge in [-0.15, -0.1) is 0 Å². The normalized spacial score (nSPS) is 13.4. The first-order valence-electron chi connectivity index (χ1n) is 10.7. The second-order valence-corrected chi connectivity index (χ2v) is 9.00. The number of fused-ring (bicyclic) bond motifs is 1. The van der Waals surface area contributed by atoms with Crippen LogP contribution >= 0.6 is 0 Å². The summed E-state index contributed by atoms with van der Waals surface area (Å²) < 4.78 is 7.23. The number of hydrogen-bond acceptors (Lipinski definition) is 4. The molecule has 3 aromatic rings. The number of carbonyl (C=O) groups excluding carboxylic acids is 2. The fourth-order valence-electron chi connectivity index (χ4n) is 3.65. The van der Waals surface area contributed by atoms with Crippen molar-refractivity contribution >= 4 is 17.7 Å². The minimum atomic E-state index is -0.513. The minimum absolute atomic E-state index is 0.199. The van der Waals surface area contributed by atoms with Crippen LogP contribution in [0.2, 0.25) is 0 Å². The molecule has 7 heteroatoms. The van der Waals surface area contributed by atoms with Crippen molar-refractivity contribution in [3.63, 3.8) is 0 Å². The van der Waals surface area contributed by atoms with E-state index in [0.29, 0.717) is 31.6 Å². The Bertz CT molecular complexity index is 1120. The number of benzene rings is 2. The van der Waals surface area contributed by atoms with Gasteiger partial charge in [0.05, 0.1) is 18.3 Å². The van der Waals surface area contributed by atoms with Gasteiger partial charge in [-0.3, -0.25) is 9.48 Å². The van der Waals surface area contributed by atoms with Crippen LogP contribution in [-0.2, 0) is 24.2 Å². The summed E-state index contributed by atoms with van der Waals surface area (Å²) in [5.74, 6) is -0.199. The molecule has 0 unspecified atom stereocenters. The highest BCUT2D eigenvalue weighted by Gasteiger charge is 2.26. The standard InChI is InChI=1S/C25H28N4O3/c1-25(2,3)32-24(31)28-12-11-19-13-22(10-9-20(19)16-28)27-23(30)21-14-26-29(17-21)15-18-7-5-4-6-8-18/h4-10,13-14,17H,11-12,15-16H2,1-3H3,(H,27,30). The number of carbonyl (C=O) groups is 2. The highest BCUT2D eigenvalue weighted by atomic mass is 16.6. The molecule has 166 valence electrons. The van der Waals surface area contributed by atoms with Crippen molar-refractivity contribution in [2.75, 3.05) is 11.9 Å². The monoisotopic (exact) mass is 432 g/mol. The molecule has 1 aromatic heterocycles. The SMILES string of the molecule is CC(C)(C)OC(=O)N1CCc2cc(NC(=O)c3cnn(Cc4ccccc4)c3)ccc2C1. The smallest absolute Gasteiger partial charge is 0.410 e. The van der Waals surface area contributed by atoms with Crippen LogP contribution in [-0.4, -0.2) is 38.8 Å². The molecule has 7 nitrogen and oxygen atoms in total. The molecule has 0 saturated carbocycles. The molecule has 1 N–H and O–H groups in total. The molecule has 0 spiro atoms. The molecule has 4 rings (SSSR count). The quantitative estimate of drug-likeness (QED) is 0.660. The highest BCUT2D eigenvalue weighted by Crippen LogP contribution is 2.24. The molecule has 2 heterocycles. The van der Waals surface area contributed by atoms with E-state index < -0.39 is 5.60 Å². The van der Waals surface area contributed by atoms with Crippen LogP contribution in [0, 0.1) is 0 Å². The molecule has 0 radical (unpaired) electrons. The molecule has 0 saturated heterocycles. The number of rotatable bonds is 4. The number of anilines is 1. The summed E-state index contributed by atoms with van der Waals surface area (Å²) in [6, 6.07) is 15.8. The molecular weight excluding hydrogens is 404 g/mol. The minimum Gasteiger partial charge on any atom is -0.444 e. The Kier molecular flexibility index (Phi) is 5.99. The van der Waals surface area contributed by atoms with E-state index in [1.54, 1.807) is 22.0 Å². The molecule has 2 aromatic carbocycles. The molecule has 0 fully saturated rings. The van der Waals surface area contributed by atoms with E-state index in [-0.39, 0.29) is 12.0 Å². The molecule has 1 aliphatic heterocycles. The molecular formula is C25H28N4O3. The lowest BCUT2D eigenvalue weighted by Gasteiger charge is -2.31. The molecule has 2 amide bonds. The van der Waals surface area contributed by atoms with E-state index in [1.807, 2.05) is 69.3 Å². The lowest BCUT2D eigenvalue weighted by atomic mass is 9.99. The highest BCUT2D eigenvalue weighted by molar-refractivity contribution is 6.04. The van der Waals surface area contributed by atoms with Gasteiger partial charge in [0, 0.05) is 25.0 Å². The van der Waals surface area contributed by atoms with Crippen molar-refractivity contribution in [2.45, 2.75) is 45.9 Å². The zero-order valence-electron chi connectivity index (χ0n) is 18.7. The van der Waals surface area contributed by atoms with Gasteiger partial charge in [-0.1, -0.05) is 36.4 Å². The first-order valence-corrected chi connectivity index (χ1v) is 10.7. The molecule has 0 bridgehead atoms. The van der Waals surface area contributed by atoms with Gasteiger partial charge in [-0.05, 0) is 56.0 Å². The maximum atomic E-state index is 12.7. The Morgan fingerprint density at radius 1 is 1.09 bits per heavy atom. The van der Waals surface area contributed by atoms with Crippen molar-refractivity contribution in [3.05, 3.63) is 83.2 Å². The van der Waals surface area contributed by atoms with Gasteiger partial charge < -0.3 is 15.0 Å². The number of aromatic nitrogens is 2. The maximum Gasteiger partial charge on any atom is 0.410 e. The third kappa shape index (κ3) is 5.35. The van der Waals surface area contributed by atoms with Gasteiger partial charge >= 0.3 is 6.09 Å². The fourth-order valence-corrected chi connectivity index (χ4v) is 3.65. The average molecular weight is 433 g/mol. The van der Waals surface area contributed by atoms with Crippen molar-refractivity contribution in [1.29, 1.82) is 0 Å². The van der Waals surface area contributed by atoms with Crippen molar-refractivity contribution in [1.82, 2.24) is 14.7 Å². The second kappa shape index (κ2) is 8.86. The van der Waals surface area contributed by atoms with Gasteiger partial charge in [0.15, 0.2) is 0 Å². The molecule has 32 heavy (non-hydrogen) atoms. The van der Waals surface area contributed by atoms with Crippen LogP contribution in [0.15, 0.2) is 60.9 Å². The van der Waals surface area contributed by atoms with Gasteiger partial charge in [0.2, 0.25) is 0 Å². The van der Waals surface area contributed by atoms with E-state index in [2.05, 4.69) is 10.4 Å². The van der Waals surface area contributed by atoms with Crippen LogP contribution in [0.1, 0.15) is 47.8 Å². The van der Waals surface area contributed by atoms with Gasteiger partial charge in [-0.25, -0.2) is 4.79 Å². The number of hydrogen-bond donors (Lipinski definition) is 1. The lowest BCUT2D eigenvalue weighted by Crippen LogP contribution is -2.39. The van der Waals surface area contributed by atoms with Gasteiger partial charge in [0.1, 0.15) is 5.60 Å². The number of ether oxygens (including phenoxy) is 1. The van der Waals surface area contributed by atoms with E-state index in [4.69, 9.17) is 4.74 Å². The molecule has 0 atom stereocenters. The van der Waals surface area contributed by atoms with E-state index in [1.165, 1.54) is 0 Å². The van der Waals surface area contributed by atoms with Crippen LogP contribution in [0.3, 0.4) is 0 Å².